The van der Waals surface area contributed by atoms with E-state index in [2.05, 4.69) is 263 Å². The first-order valence-electron chi connectivity index (χ1n) is 51.1. The molecule has 0 N–H and O–H groups in total. The summed E-state index contributed by atoms with van der Waals surface area (Å²) in [6, 6.07) is 45.2. The SMILES string of the molecule is CC(C)(C)OCC1=CCCC2(CCCCC2)C1.CC(C)(C)OCC1CCCC2(CCCCC2)C1.CC(C)(C)OCc1ccc(CN2CCC3(C=Cc4ccccc43)CC2)s1.CC(C)(C)OCc1ccc(CN2CCC3(CC2)OCc2ccccc23)s1.CN1CC2(CCN(Cc3ccc(COC(C)(C)C)s3)CC2)c2ccccc21.Cc1nc(-c2ccc(C(F)(F)F)cc2)sc1COC(C)(C)C. The van der Waals surface area contributed by atoms with E-state index in [0.29, 0.717) is 34.6 Å². The van der Waals surface area contributed by atoms with Gasteiger partial charge in [-0.05, 0) is 365 Å². The van der Waals surface area contributed by atoms with Crippen LogP contribution in [0.15, 0.2) is 151 Å². The summed E-state index contributed by atoms with van der Waals surface area (Å²) < 4.78 is 79.4. The summed E-state index contributed by atoms with van der Waals surface area (Å²) in [5.74, 6) is 0.834. The molecule has 0 bridgehead atoms. The molecule has 10 aliphatic rings. The number of alkyl halides is 3. The minimum Gasteiger partial charge on any atom is -0.376 e. The number of para-hydroxylation sites is 1. The molecule has 135 heavy (non-hydrogen) atoms. The van der Waals surface area contributed by atoms with E-state index < -0.39 is 11.7 Å². The average molecular weight is 1930 g/mol. The van der Waals surface area contributed by atoms with Crippen LogP contribution in [0.3, 0.4) is 0 Å². The summed E-state index contributed by atoms with van der Waals surface area (Å²) in [6.45, 7) is 56.2. The number of allylic oxidation sites excluding steroid dienone is 2. The Labute approximate surface area is 828 Å². The third-order valence-corrected chi connectivity index (χ3v) is 33.3. The lowest BCUT2D eigenvalue weighted by Crippen LogP contribution is -2.44. The Balaban J connectivity index is 0.000000138. The second-order valence-corrected chi connectivity index (χ2v) is 51.6. The molecule has 1 atom stereocenters. The van der Waals surface area contributed by atoms with Crippen molar-refractivity contribution in [1.29, 1.82) is 0 Å². The molecule has 6 fully saturated rings. The smallest absolute Gasteiger partial charge is 0.376 e. The molecule has 9 heterocycles. The molecule has 18 rings (SSSR count). The molecule has 4 aromatic carbocycles. The van der Waals surface area contributed by atoms with E-state index in [0.717, 1.165) is 113 Å². The predicted molar refractivity (Wildman–Crippen MR) is 560 cm³/mol. The summed E-state index contributed by atoms with van der Waals surface area (Å²) in [5.41, 5.74) is 12.8. The van der Waals surface area contributed by atoms with E-state index in [1.807, 2.05) is 61.7 Å². The number of thiophene rings is 3. The molecule has 0 amide bonds. The zero-order valence-corrected chi connectivity index (χ0v) is 89.4. The molecule has 3 saturated carbocycles. The van der Waals surface area contributed by atoms with Crippen molar-refractivity contribution in [3.05, 3.63) is 224 Å². The Bertz CT molecular complexity index is 5040. The number of fused-ring (bicyclic) bond motifs is 6. The largest absolute Gasteiger partial charge is 0.416 e. The van der Waals surface area contributed by atoms with Crippen molar-refractivity contribution in [3.8, 4) is 10.6 Å². The minimum absolute atomic E-state index is 0.00197. The van der Waals surface area contributed by atoms with E-state index in [1.165, 1.54) is 248 Å². The second-order valence-electron chi connectivity index (χ2n) is 46.8. The number of anilines is 1. The normalized spacial score (nSPS) is 20.3. The highest BCUT2D eigenvalue weighted by atomic mass is 32.1. The topological polar surface area (TPSA) is 90.5 Å². The number of rotatable bonds is 19. The Kier molecular flexibility index (Phi) is 36.4. The number of piperidine rings is 3. The number of hydrogen-bond donors (Lipinski definition) is 0. The van der Waals surface area contributed by atoms with Gasteiger partial charge in [0.1, 0.15) is 5.01 Å². The van der Waals surface area contributed by atoms with Crippen LogP contribution in [-0.2, 0) is 108 Å². The number of aromatic nitrogens is 1. The van der Waals surface area contributed by atoms with Crippen molar-refractivity contribution in [1.82, 2.24) is 19.7 Å². The number of thiazole rings is 1. The van der Waals surface area contributed by atoms with Crippen LogP contribution in [0.5, 0.6) is 0 Å². The van der Waals surface area contributed by atoms with E-state index >= 15 is 0 Å². The van der Waals surface area contributed by atoms with Gasteiger partial charge in [-0.25, -0.2) is 4.98 Å². The number of hydrogen-bond acceptors (Lipinski definition) is 16. The van der Waals surface area contributed by atoms with Gasteiger partial charge in [0.2, 0.25) is 0 Å². The first-order chi connectivity index (χ1) is 63.8. The van der Waals surface area contributed by atoms with Crippen molar-refractivity contribution in [2.45, 2.75) is 388 Å². The summed E-state index contributed by atoms with van der Waals surface area (Å²) in [6.07, 6.45) is 34.6. The molecular weight excluding hydrogens is 1760 g/mol. The van der Waals surface area contributed by atoms with Crippen molar-refractivity contribution >= 4 is 57.1 Å². The van der Waals surface area contributed by atoms with E-state index in [9.17, 15) is 13.2 Å². The van der Waals surface area contributed by atoms with E-state index in [4.69, 9.17) is 33.2 Å². The maximum atomic E-state index is 12.6. The molecule has 742 valence electrons. The van der Waals surface area contributed by atoms with Crippen LogP contribution in [0.1, 0.15) is 346 Å². The third-order valence-electron chi connectivity index (χ3n) is 29.0. The van der Waals surface area contributed by atoms with Gasteiger partial charge >= 0.3 is 6.18 Å². The molecule has 12 nitrogen and oxygen atoms in total. The van der Waals surface area contributed by atoms with Crippen LogP contribution in [0, 0.1) is 23.7 Å². The number of ether oxygens (including phenoxy) is 7. The molecule has 19 heteroatoms. The van der Waals surface area contributed by atoms with Crippen molar-refractivity contribution in [2.24, 2.45) is 16.7 Å². The number of benzene rings is 4. The number of likely N-dealkylation sites (tertiary alicyclic amines) is 3. The average Bonchev–Trinajstić information content (AvgIpc) is 1.67. The fraction of sp³-hybridized carbons (Fsp3) is 0.629. The molecule has 8 aromatic rings. The van der Waals surface area contributed by atoms with E-state index in [-0.39, 0.29) is 44.6 Å². The van der Waals surface area contributed by atoms with Crippen LogP contribution >= 0.6 is 45.3 Å². The summed E-state index contributed by atoms with van der Waals surface area (Å²) in [5, 5.41) is 0.707. The minimum atomic E-state index is -4.32. The summed E-state index contributed by atoms with van der Waals surface area (Å²) >= 11 is 7.13. The van der Waals surface area contributed by atoms with Gasteiger partial charge in [0.05, 0.1) is 102 Å². The number of nitrogens with zero attached hydrogens (tertiary/aromatic N) is 5. The fourth-order valence-electron chi connectivity index (χ4n) is 21.6. The first-order valence-corrected chi connectivity index (χ1v) is 54.4. The van der Waals surface area contributed by atoms with Gasteiger partial charge in [-0.2, -0.15) is 13.2 Å². The van der Waals surface area contributed by atoms with Crippen molar-refractivity contribution in [2.75, 3.05) is 71.0 Å². The van der Waals surface area contributed by atoms with Crippen LogP contribution < -0.4 is 4.90 Å². The van der Waals surface area contributed by atoms with Gasteiger partial charge in [-0.1, -0.05) is 142 Å². The van der Waals surface area contributed by atoms with Gasteiger partial charge in [0, 0.05) is 97.7 Å². The Morgan fingerprint density at radius 1 is 0.437 bits per heavy atom. The summed E-state index contributed by atoms with van der Waals surface area (Å²) in [7, 11) is 2.24. The highest BCUT2D eigenvalue weighted by molar-refractivity contribution is 7.15. The predicted octanol–water partition coefficient (Wildman–Crippen LogP) is 31.0. The van der Waals surface area contributed by atoms with Crippen LogP contribution in [0.25, 0.3) is 16.6 Å². The number of aryl methyl sites for hydroxylation is 1. The van der Waals surface area contributed by atoms with Crippen LogP contribution in [0.4, 0.5) is 18.9 Å². The molecule has 5 aliphatic heterocycles. The zero-order valence-electron chi connectivity index (χ0n) is 86.2. The zero-order chi connectivity index (χ0) is 96.7. The van der Waals surface area contributed by atoms with Gasteiger partial charge < -0.3 is 38.1 Å². The van der Waals surface area contributed by atoms with Gasteiger partial charge in [-0.15, -0.1) is 45.3 Å². The molecule has 5 aliphatic carbocycles. The highest BCUT2D eigenvalue weighted by Gasteiger charge is 2.46. The quantitative estimate of drug-likeness (QED) is 0.0722. The monoisotopic (exact) mass is 1930 g/mol. The molecule has 1 unspecified atom stereocenters. The number of halogens is 3. The van der Waals surface area contributed by atoms with Gasteiger partial charge in [-0.3, -0.25) is 14.7 Å². The third kappa shape index (κ3) is 31.9. The lowest BCUT2D eigenvalue weighted by Gasteiger charge is -2.44. The second kappa shape index (κ2) is 46.1. The lowest BCUT2D eigenvalue weighted by atomic mass is 9.63. The number of likely N-dealkylation sites (N-methyl/N-ethyl adjacent to an activating group) is 1. The summed E-state index contributed by atoms with van der Waals surface area (Å²) in [4.78, 5) is 24.0. The van der Waals surface area contributed by atoms with Crippen LogP contribution in [0.2, 0.25) is 0 Å². The maximum absolute atomic E-state index is 12.6. The molecule has 4 aromatic heterocycles. The standard InChI is InChI=1S/C23H32N2OS.C23H29NOS.C22H29NO2S.C16H18F3NOS.C16H30O.C16H28O/c1-22(2,3)26-16-19-10-9-18(27-19)15-25-13-11-23(12-14-25)17-24(4)21-8-6-5-7-20(21)23;1-22(2,3)25-17-20-9-8-19(26-20)16-24-14-12-23(13-15-24)11-10-18-6-4-5-7-21(18)23;1-21(2,3)24-16-19-9-8-18(26-19)14-23-12-10-22(11-13-23)20-7-5-4-6-17(20)15-25-22;1-10-13(9-21-15(2,3)4)22-14(20-10)11-5-7-12(8-6-11)16(17,18)19;2*1-15(2,3)17-13-14-8-7-11-16(12-14)9-5-4-6-10-16/h5-10H,11-17H2,1-4H3;4-11H,12-17H2,1-3H3;4-9H,10-16H2,1-3H3;5-8H,9H2,1-4H3;14H,4-13H2,1-3H3;8H,4-7,9-13H2,1-3H3. The molecular formula is C116H166F3N5O7S4. The van der Waals surface area contributed by atoms with Gasteiger partial charge in [0.25, 0.3) is 0 Å². The molecule has 0 radical (unpaired) electrons. The van der Waals surface area contributed by atoms with E-state index in [1.54, 1.807) is 11.1 Å². The highest BCUT2D eigenvalue weighted by Crippen LogP contribution is 2.53. The lowest BCUT2D eigenvalue weighted by molar-refractivity contribution is -0.137. The Morgan fingerprint density at radius 2 is 0.889 bits per heavy atom. The molecule has 5 spiro atoms. The fourth-order valence-corrected chi connectivity index (χ4v) is 25.5. The van der Waals surface area contributed by atoms with Crippen molar-refractivity contribution < 1.29 is 46.3 Å². The van der Waals surface area contributed by atoms with Gasteiger partial charge in [0.15, 0.2) is 0 Å². The van der Waals surface area contributed by atoms with Crippen molar-refractivity contribution in [3.63, 3.8) is 0 Å². The molecule has 3 saturated heterocycles. The van der Waals surface area contributed by atoms with Crippen LogP contribution in [-0.4, -0.2) is 119 Å². The Morgan fingerprint density at radius 3 is 1.41 bits per heavy atom. The Hall–Kier alpha value is -5.72. The maximum Gasteiger partial charge on any atom is 0.416 e. The first kappa shape index (κ1) is 107.